The predicted molar refractivity (Wildman–Crippen MR) is 94.4 cm³/mol. The van der Waals surface area contributed by atoms with Crippen LogP contribution in [0.3, 0.4) is 0 Å². The SMILES string of the molecule is CN=C(NCCc1ccc(OC(F)(F)F)cc1)N(C)CCOCC1CC1. The largest absolute Gasteiger partial charge is 0.573 e. The van der Waals surface area contributed by atoms with Gasteiger partial charge in [0.05, 0.1) is 6.61 Å². The van der Waals surface area contributed by atoms with Crippen LogP contribution >= 0.6 is 0 Å². The van der Waals surface area contributed by atoms with E-state index in [4.69, 9.17) is 4.74 Å². The molecule has 1 saturated carbocycles. The monoisotopic (exact) mass is 373 g/mol. The van der Waals surface area contributed by atoms with Gasteiger partial charge in [0.1, 0.15) is 5.75 Å². The average Bonchev–Trinajstić information content (AvgIpc) is 3.40. The molecule has 0 unspecified atom stereocenters. The highest BCUT2D eigenvalue weighted by atomic mass is 19.4. The van der Waals surface area contributed by atoms with E-state index in [-0.39, 0.29) is 5.75 Å². The van der Waals surface area contributed by atoms with E-state index in [0.29, 0.717) is 19.6 Å². The topological polar surface area (TPSA) is 46.1 Å². The van der Waals surface area contributed by atoms with E-state index >= 15 is 0 Å². The first kappa shape index (κ1) is 20.4. The van der Waals surface area contributed by atoms with Gasteiger partial charge in [-0.3, -0.25) is 4.99 Å². The molecule has 1 aromatic rings. The molecule has 1 aliphatic rings. The minimum absolute atomic E-state index is 0.212. The fraction of sp³-hybridized carbons (Fsp3) is 0.611. The molecule has 0 atom stereocenters. The molecule has 1 aromatic carbocycles. The summed E-state index contributed by atoms with van der Waals surface area (Å²) < 4.78 is 45.9. The van der Waals surface area contributed by atoms with Gasteiger partial charge >= 0.3 is 6.36 Å². The molecule has 1 fully saturated rings. The lowest BCUT2D eigenvalue weighted by Crippen LogP contribution is -2.41. The van der Waals surface area contributed by atoms with Gasteiger partial charge in [0.25, 0.3) is 0 Å². The summed E-state index contributed by atoms with van der Waals surface area (Å²) >= 11 is 0. The zero-order valence-corrected chi connectivity index (χ0v) is 15.2. The second-order valence-electron chi connectivity index (χ2n) is 6.36. The molecule has 146 valence electrons. The number of hydrogen-bond acceptors (Lipinski definition) is 3. The molecule has 0 spiro atoms. The summed E-state index contributed by atoms with van der Waals surface area (Å²) in [6.07, 6.45) is -1.44. The van der Waals surface area contributed by atoms with Crippen LogP contribution < -0.4 is 10.1 Å². The van der Waals surface area contributed by atoms with Crippen molar-refractivity contribution in [1.29, 1.82) is 0 Å². The lowest BCUT2D eigenvalue weighted by Gasteiger charge is -2.22. The lowest BCUT2D eigenvalue weighted by atomic mass is 10.1. The molecule has 5 nitrogen and oxygen atoms in total. The minimum Gasteiger partial charge on any atom is -0.406 e. The standard InChI is InChI=1S/C18H26F3N3O2/c1-22-17(24(2)11-12-25-13-15-3-4-15)23-10-9-14-5-7-16(8-6-14)26-18(19,20)21/h5-8,15H,3-4,9-13H2,1-2H3,(H,22,23). The number of alkyl halides is 3. The zero-order valence-electron chi connectivity index (χ0n) is 15.2. The van der Waals surface area contributed by atoms with Gasteiger partial charge in [-0.15, -0.1) is 13.2 Å². The van der Waals surface area contributed by atoms with Gasteiger partial charge in [0.2, 0.25) is 0 Å². The molecule has 0 aromatic heterocycles. The molecule has 0 aliphatic heterocycles. The van der Waals surface area contributed by atoms with Crippen LogP contribution in [-0.4, -0.2) is 57.6 Å². The van der Waals surface area contributed by atoms with Crippen LogP contribution in [-0.2, 0) is 11.2 Å². The Bertz CT molecular complexity index is 572. The molecular weight excluding hydrogens is 347 g/mol. The Morgan fingerprint density at radius 2 is 1.96 bits per heavy atom. The third-order valence-corrected chi connectivity index (χ3v) is 4.05. The highest BCUT2D eigenvalue weighted by Crippen LogP contribution is 2.28. The van der Waals surface area contributed by atoms with Crippen molar-refractivity contribution in [2.24, 2.45) is 10.9 Å². The van der Waals surface area contributed by atoms with Crippen LogP contribution in [0.25, 0.3) is 0 Å². The minimum atomic E-state index is -4.66. The fourth-order valence-electron chi connectivity index (χ4n) is 2.40. The van der Waals surface area contributed by atoms with Crippen LogP contribution in [0.5, 0.6) is 5.75 Å². The first-order valence-corrected chi connectivity index (χ1v) is 8.71. The maximum atomic E-state index is 12.1. The van der Waals surface area contributed by atoms with Crippen LogP contribution in [0.2, 0.25) is 0 Å². The van der Waals surface area contributed by atoms with Crippen molar-refractivity contribution in [3.63, 3.8) is 0 Å². The summed E-state index contributed by atoms with van der Waals surface area (Å²) in [6, 6.07) is 5.89. The Kier molecular flexibility index (Phi) is 7.56. The molecule has 0 bridgehead atoms. The zero-order chi connectivity index (χ0) is 19.0. The Hall–Kier alpha value is -1.96. The number of aliphatic imine (C=N–C) groups is 1. The smallest absolute Gasteiger partial charge is 0.406 e. The molecule has 0 saturated heterocycles. The van der Waals surface area contributed by atoms with Crippen molar-refractivity contribution in [2.75, 3.05) is 40.4 Å². The van der Waals surface area contributed by atoms with E-state index in [1.54, 1.807) is 19.2 Å². The summed E-state index contributed by atoms with van der Waals surface area (Å²) in [5.74, 6) is 1.30. The second-order valence-corrected chi connectivity index (χ2v) is 6.36. The number of likely N-dealkylation sites (N-methyl/N-ethyl adjacent to an activating group) is 1. The lowest BCUT2D eigenvalue weighted by molar-refractivity contribution is -0.274. The molecule has 0 heterocycles. The third-order valence-electron chi connectivity index (χ3n) is 4.05. The first-order valence-electron chi connectivity index (χ1n) is 8.71. The normalized spacial score (nSPS) is 15.0. The summed E-state index contributed by atoms with van der Waals surface area (Å²) in [6.45, 7) is 2.87. The van der Waals surface area contributed by atoms with Gasteiger partial charge in [0, 0.05) is 33.8 Å². The Morgan fingerprint density at radius 1 is 1.27 bits per heavy atom. The summed E-state index contributed by atoms with van der Waals surface area (Å²) in [7, 11) is 3.66. The fourth-order valence-corrected chi connectivity index (χ4v) is 2.40. The third kappa shape index (κ3) is 7.95. The maximum Gasteiger partial charge on any atom is 0.573 e. The van der Waals surface area contributed by atoms with Crippen molar-refractivity contribution in [3.8, 4) is 5.75 Å². The van der Waals surface area contributed by atoms with Gasteiger partial charge in [-0.2, -0.15) is 0 Å². The number of halogens is 3. The highest BCUT2D eigenvalue weighted by Gasteiger charge is 2.30. The number of rotatable bonds is 9. The van der Waals surface area contributed by atoms with Crippen molar-refractivity contribution in [3.05, 3.63) is 29.8 Å². The van der Waals surface area contributed by atoms with Crippen LogP contribution in [0.1, 0.15) is 18.4 Å². The molecule has 0 amide bonds. The van der Waals surface area contributed by atoms with E-state index in [1.807, 2.05) is 11.9 Å². The molecule has 0 radical (unpaired) electrons. The predicted octanol–water partition coefficient (Wildman–Crippen LogP) is 3.06. The highest BCUT2D eigenvalue weighted by molar-refractivity contribution is 5.79. The molecule has 26 heavy (non-hydrogen) atoms. The van der Waals surface area contributed by atoms with Crippen molar-refractivity contribution >= 4 is 5.96 Å². The Labute approximate surface area is 152 Å². The van der Waals surface area contributed by atoms with Gasteiger partial charge in [0.15, 0.2) is 5.96 Å². The van der Waals surface area contributed by atoms with Gasteiger partial charge < -0.3 is 19.7 Å². The number of ether oxygens (including phenoxy) is 2. The summed E-state index contributed by atoms with van der Waals surface area (Å²) in [4.78, 5) is 6.22. The van der Waals surface area contributed by atoms with E-state index in [0.717, 1.165) is 30.6 Å². The molecular formula is C18H26F3N3O2. The van der Waals surface area contributed by atoms with Crippen LogP contribution in [0.4, 0.5) is 13.2 Å². The number of guanidine groups is 1. The number of nitrogens with zero attached hydrogens (tertiary/aromatic N) is 2. The Morgan fingerprint density at radius 3 is 2.54 bits per heavy atom. The van der Waals surface area contributed by atoms with Crippen LogP contribution in [0.15, 0.2) is 29.3 Å². The Balaban J connectivity index is 1.67. The quantitative estimate of drug-likeness (QED) is 0.411. The first-order chi connectivity index (χ1) is 12.4. The summed E-state index contributed by atoms with van der Waals surface area (Å²) in [5, 5.41) is 3.24. The molecule has 2 rings (SSSR count). The number of nitrogens with one attached hydrogen (secondary N) is 1. The van der Waals surface area contributed by atoms with E-state index < -0.39 is 6.36 Å². The molecule has 1 aliphatic carbocycles. The summed E-state index contributed by atoms with van der Waals surface area (Å²) in [5.41, 5.74) is 0.915. The van der Waals surface area contributed by atoms with E-state index in [9.17, 15) is 13.2 Å². The van der Waals surface area contributed by atoms with Crippen molar-refractivity contribution in [1.82, 2.24) is 10.2 Å². The van der Waals surface area contributed by atoms with Gasteiger partial charge in [-0.25, -0.2) is 0 Å². The van der Waals surface area contributed by atoms with Gasteiger partial charge in [-0.05, 0) is 42.9 Å². The van der Waals surface area contributed by atoms with Crippen molar-refractivity contribution < 1.29 is 22.6 Å². The number of benzene rings is 1. The van der Waals surface area contributed by atoms with Gasteiger partial charge in [-0.1, -0.05) is 12.1 Å². The van der Waals surface area contributed by atoms with Crippen molar-refractivity contribution in [2.45, 2.75) is 25.6 Å². The molecule has 1 N–H and O–H groups in total. The average molecular weight is 373 g/mol. The second kappa shape index (κ2) is 9.66. The number of hydrogen-bond donors (Lipinski definition) is 1. The molecule has 8 heteroatoms. The van der Waals surface area contributed by atoms with E-state index in [2.05, 4.69) is 15.0 Å². The van der Waals surface area contributed by atoms with E-state index in [1.165, 1.54) is 25.0 Å². The van der Waals surface area contributed by atoms with Crippen LogP contribution in [0, 0.1) is 5.92 Å². The maximum absolute atomic E-state index is 12.1.